The number of hydrogen-bond donors (Lipinski definition) is 1. The van der Waals surface area contributed by atoms with Crippen LogP contribution in [0.25, 0.3) is 11.4 Å². The second-order valence-electron chi connectivity index (χ2n) is 5.16. The van der Waals surface area contributed by atoms with Crippen LogP contribution in [0.2, 0.25) is 0 Å². The fourth-order valence-electron chi connectivity index (χ4n) is 2.45. The zero-order chi connectivity index (χ0) is 13.8. The van der Waals surface area contributed by atoms with Gasteiger partial charge in [-0.3, -0.25) is 9.88 Å². The molecule has 0 bridgehead atoms. The first-order valence-electron chi connectivity index (χ1n) is 6.91. The third-order valence-corrected chi connectivity index (χ3v) is 3.71. The summed E-state index contributed by atoms with van der Waals surface area (Å²) in [6.45, 7) is 2.90. The largest absolute Gasteiger partial charge is 0.396 e. The first-order chi connectivity index (χ1) is 9.85. The van der Waals surface area contributed by atoms with E-state index in [1.807, 2.05) is 12.1 Å². The second kappa shape index (κ2) is 6.11. The lowest BCUT2D eigenvalue weighted by atomic mass is 9.98. The van der Waals surface area contributed by atoms with Crippen LogP contribution in [-0.2, 0) is 6.54 Å². The Labute approximate surface area is 117 Å². The molecule has 1 fully saturated rings. The van der Waals surface area contributed by atoms with Crippen LogP contribution in [0.5, 0.6) is 0 Å². The molecule has 3 heterocycles. The van der Waals surface area contributed by atoms with Crippen molar-refractivity contribution in [2.24, 2.45) is 5.92 Å². The average molecular weight is 274 g/mol. The fourth-order valence-corrected chi connectivity index (χ4v) is 2.45. The number of likely N-dealkylation sites (tertiary alicyclic amines) is 1. The first kappa shape index (κ1) is 13.2. The van der Waals surface area contributed by atoms with Crippen LogP contribution in [-0.4, -0.2) is 44.8 Å². The number of pyridine rings is 1. The lowest BCUT2D eigenvalue weighted by Gasteiger charge is -2.29. The van der Waals surface area contributed by atoms with Crippen molar-refractivity contribution >= 4 is 0 Å². The van der Waals surface area contributed by atoms with E-state index in [1.54, 1.807) is 12.4 Å². The molecule has 0 amide bonds. The molecule has 1 aliphatic heterocycles. The molecule has 106 valence electrons. The van der Waals surface area contributed by atoms with Crippen LogP contribution < -0.4 is 0 Å². The smallest absolute Gasteiger partial charge is 0.241 e. The first-order valence-corrected chi connectivity index (χ1v) is 6.91. The molecule has 1 N–H and O–H groups in total. The van der Waals surface area contributed by atoms with E-state index in [9.17, 15) is 0 Å². The van der Waals surface area contributed by atoms with Gasteiger partial charge < -0.3 is 9.63 Å². The van der Waals surface area contributed by atoms with Gasteiger partial charge in [0, 0.05) is 24.6 Å². The maximum absolute atomic E-state index is 9.13. The van der Waals surface area contributed by atoms with Crippen molar-refractivity contribution in [1.82, 2.24) is 20.0 Å². The van der Waals surface area contributed by atoms with Gasteiger partial charge in [0.05, 0.1) is 6.54 Å². The third kappa shape index (κ3) is 3.02. The monoisotopic (exact) mass is 274 g/mol. The van der Waals surface area contributed by atoms with Crippen LogP contribution in [0.3, 0.4) is 0 Å². The van der Waals surface area contributed by atoms with Gasteiger partial charge in [-0.05, 0) is 44.0 Å². The minimum absolute atomic E-state index is 0.291. The van der Waals surface area contributed by atoms with Crippen LogP contribution in [0.15, 0.2) is 29.0 Å². The van der Waals surface area contributed by atoms with Crippen molar-refractivity contribution in [1.29, 1.82) is 0 Å². The van der Waals surface area contributed by atoms with Crippen molar-refractivity contribution < 1.29 is 9.63 Å². The summed E-state index contributed by atoms with van der Waals surface area (Å²) in [5.74, 6) is 1.66. The van der Waals surface area contributed by atoms with E-state index < -0.39 is 0 Å². The van der Waals surface area contributed by atoms with E-state index >= 15 is 0 Å². The standard InChI is InChI=1S/C14H18N4O2/c19-10-11-3-6-18(7-4-11)9-13-16-14(17-20-13)12-2-1-5-15-8-12/h1-2,5,8,11,19H,3-4,6-7,9-10H2. The van der Waals surface area contributed by atoms with Gasteiger partial charge in [0.2, 0.25) is 11.7 Å². The lowest BCUT2D eigenvalue weighted by molar-refractivity contribution is 0.119. The summed E-state index contributed by atoms with van der Waals surface area (Å²) >= 11 is 0. The molecule has 1 saturated heterocycles. The Balaban J connectivity index is 1.61. The molecule has 0 aromatic carbocycles. The van der Waals surface area contributed by atoms with Gasteiger partial charge in [-0.15, -0.1) is 0 Å². The van der Waals surface area contributed by atoms with Crippen LogP contribution in [0, 0.1) is 5.92 Å². The van der Waals surface area contributed by atoms with E-state index in [0.717, 1.165) is 31.5 Å². The van der Waals surface area contributed by atoms with Gasteiger partial charge in [-0.25, -0.2) is 0 Å². The summed E-state index contributed by atoms with van der Waals surface area (Å²) in [5.41, 5.74) is 0.862. The summed E-state index contributed by atoms with van der Waals surface area (Å²) in [7, 11) is 0. The third-order valence-electron chi connectivity index (χ3n) is 3.71. The molecule has 0 radical (unpaired) electrons. The van der Waals surface area contributed by atoms with Crippen molar-refractivity contribution in [3.05, 3.63) is 30.4 Å². The normalized spacial score (nSPS) is 17.4. The summed E-state index contributed by atoms with van der Waals surface area (Å²) in [6.07, 6.45) is 5.50. The Bertz CT molecular complexity index is 535. The summed E-state index contributed by atoms with van der Waals surface area (Å²) in [5, 5.41) is 13.1. The van der Waals surface area contributed by atoms with Gasteiger partial charge in [-0.1, -0.05) is 5.16 Å². The SMILES string of the molecule is OCC1CCN(Cc2nc(-c3cccnc3)no2)CC1. The highest BCUT2D eigenvalue weighted by Gasteiger charge is 2.20. The van der Waals surface area contributed by atoms with Crippen molar-refractivity contribution in [2.45, 2.75) is 19.4 Å². The average Bonchev–Trinajstić information content (AvgIpc) is 2.97. The van der Waals surface area contributed by atoms with Gasteiger partial charge in [0.1, 0.15) is 0 Å². The highest BCUT2D eigenvalue weighted by atomic mass is 16.5. The van der Waals surface area contributed by atoms with Gasteiger partial charge >= 0.3 is 0 Å². The highest BCUT2D eigenvalue weighted by Crippen LogP contribution is 2.19. The second-order valence-corrected chi connectivity index (χ2v) is 5.16. The molecule has 3 rings (SSSR count). The van der Waals surface area contributed by atoms with Crippen LogP contribution >= 0.6 is 0 Å². The Morgan fingerprint density at radius 3 is 2.90 bits per heavy atom. The molecule has 0 atom stereocenters. The van der Waals surface area contributed by atoms with Crippen molar-refractivity contribution in [3.8, 4) is 11.4 Å². The van der Waals surface area contributed by atoms with Gasteiger partial charge in [0.15, 0.2) is 0 Å². The maximum Gasteiger partial charge on any atom is 0.241 e. The number of aromatic nitrogens is 3. The quantitative estimate of drug-likeness (QED) is 0.906. The minimum atomic E-state index is 0.291. The molecule has 0 unspecified atom stereocenters. The summed E-state index contributed by atoms with van der Waals surface area (Å²) in [6, 6.07) is 3.76. The number of piperidine rings is 1. The summed E-state index contributed by atoms with van der Waals surface area (Å²) in [4.78, 5) is 10.7. The molecule has 20 heavy (non-hydrogen) atoms. The Hall–Kier alpha value is -1.79. The number of hydrogen-bond acceptors (Lipinski definition) is 6. The van der Waals surface area contributed by atoms with Crippen LogP contribution in [0.1, 0.15) is 18.7 Å². The van der Waals surface area contributed by atoms with E-state index in [2.05, 4.69) is 20.0 Å². The number of aliphatic hydroxyl groups excluding tert-OH is 1. The van der Waals surface area contributed by atoms with E-state index in [1.165, 1.54) is 0 Å². The topological polar surface area (TPSA) is 75.3 Å². The zero-order valence-corrected chi connectivity index (χ0v) is 11.3. The molecule has 6 heteroatoms. The molecular weight excluding hydrogens is 256 g/mol. The van der Waals surface area contributed by atoms with Crippen molar-refractivity contribution in [3.63, 3.8) is 0 Å². The molecule has 6 nitrogen and oxygen atoms in total. The molecule has 2 aromatic heterocycles. The number of aliphatic hydroxyl groups is 1. The maximum atomic E-state index is 9.13. The zero-order valence-electron chi connectivity index (χ0n) is 11.3. The van der Waals surface area contributed by atoms with E-state index in [-0.39, 0.29) is 0 Å². The van der Waals surface area contributed by atoms with E-state index in [0.29, 0.717) is 30.8 Å². The van der Waals surface area contributed by atoms with Crippen molar-refractivity contribution in [2.75, 3.05) is 19.7 Å². The number of nitrogens with zero attached hydrogens (tertiary/aromatic N) is 4. The fraction of sp³-hybridized carbons (Fsp3) is 0.500. The molecule has 0 spiro atoms. The highest BCUT2D eigenvalue weighted by molar-refractivity contribution is 5.51. The Morgan fingerprint density at radius 2 is 2.20 bits per heavy atom. The molecular formula is C14H18N4O2. The van der Waals surface area contributed by atoms with Gasteiger partial charge in [0.25, 0.3) is 0 Å². The van der Waals surface area contributed by atoms with Gasteiger partial charge in [-0.2, -0.15) is 4.98 Å². The molecule has 0 saturated carbocycles. The lowest BCUT2D eigenvalue weighted by Crippen LogP contribution is -2.34. The minimum Gasteiger partial charge on any atom is -0.396 e. The van der Waals surface area contributed by atoms with Crippen LogP contribution in [0.4, 0.5) is 0 Å². The Morgan fingerprint density at radius 1 is 1.35 bits per heavy atom. The molecule has 0 aliphatic carbocycles. The molecule has 2 aromatic rings. The predicted molar refractivity (Wildman–Crippen MR) is 72.6 cm³/mol. The molecule has 1 aliphatic rings. The van der Waals surface area contributed by atoms with E-state index in [4.69, 9.17) is 9.63 Å². The Kier molecular flexibility index (Phi) is 4.03. The predicted octanol–water partition coefficient (Wildman–Crippen LogP) is 1.34. The number of rotatable bonds is 4. The summed E-state index contributed by atoms with van der Waals surface area (Å²) < 4.78 is 5.30.